The molecule has 2 aromatic carbocycles. The summed E-state index contributed by atoms with van der Waals surface area (Å²) in [6.07, 6.45) is -0.647. The summed E-state index contributed by atoms with van der Waals surface area (Å²) in [4.78, 5) is 0. The van der Waals surface area contributed by atoms with Crippen LogP contribution in [0.2, 0.25) is 0 Å². The Labute approximate surface area is 111 Å². The Kier molecular flexibility index (Phi) is 4.49. The fourth-order valence-electron chi connectivity index (χ4n) is 1.67. The first-order valence-corrected chi connectivity index (χ1v) is 6.04. The van der Waals surface area contributed by atoms with Gasteiger partial charge < -0.3 is 15.6 Å². The zero-order chi connectivity index (χ0) is 13.7. The molecule has 0 spiro atoms. The molecule has 1 unspecified atom stereocenters. The fourth-order valence-corrected chi connectivity index (χ4v) is 1.67. The molecule has 4 heteroatoms. The van der Waals surface area contributed by atoms with Gasteiger partial charge in [0.1, 0.15) is 18.2 Å². The van der Waals surface area contributed by atoms with Crippen molar-refractivity contribution in [2.24, 2.45) is 5.73 Å². The fraction of sp³-hybridized carbons (Fsp3) is 0.200. The zero-order valence-electron chi connectivity index (χ0n) is 10.4. The van der Waals surface area contributed by atoms with Gasteiger partial charge in [-0.05, 0) is 35.4 Å². The summed E-state index contributed by atoms with van der Waals surface area (Å²) in [6.45, 7) is 0.564. The SMILES string of the molecule is NCC(O)c1ccc(OCc2ccc(F)cc2)cc1. The number of halogens is 1. The average Bonchev–Trinajstić information content (AvgIpc) is 2.46. The van der Waals surface area contributed by atoms with Crippen LogP contribution in [-0.2, 0) is 6.61 Å². The Morgan fingerprint density at radius 3 is 2.26 bits per heavy atom. The molecular formula is C15H16FNO2. The molecular weight excluding hydrogens is 245 g/mol. The Hall–Kier alpha value is -1.91. The highest BCUT2D eigenvalue weighted by Gasteiger charge is 2.04. The van der Waals surface area contributed by atoms with Crippen LogP contribution in [0.3, 0.4) is 0 Å². The van der Waals surface area contributed by atoms with E-state index in [1.807, 2.05) is 0 Å². The van der Waals surface area contributed by atoms with Crippen molar-refractivity contribution in [3.63, 3.8) is 0 Å². The first-order chi connectivity index (χ1) is 9.19. The first-order valence-electron chi connectivity index (χ1n) is 6.04. The smallest absolute Gasteiger partial charge is 0.123 e. The van der Waals surface area contributed by atoms with Crippen molar-refractivity contribution in [2.45, 2.75) is 12.7 Å². The van der Waals surface area contributed by atoms with E-state index in [0.717, 1.165) is 11.1 Å². The average molecular weight is 261 g/mol. The van der Waals surface area contributed by atoms with Crippen LogP contribution in [0.1, 0.15) is 17.2 Å². The van der Waals surface area contributed by atoms with Crippen LogP contribution in [0.15, 0.2) is 48.5 Å². The van der Waals surface area contributed by atoms with Gasteiger partial charge in [0.2, 0.25) is 0 Å². The molecule has 0 bridgehead atoms. The number of hydrogen-bond acceptors (Lipinski definition) is 3. The maximum Gasteiger partial charge on any atom is 0.123 e. The summed E-state index contributed by atoms with van der Waals surface area (Å²) in [5, 5.41) is 9.55. The second kappa shape index (κ2) is 6.31. The molecule has 0 amide bonds. The van der Waals surface area contributed by atoms with Crippen LogP contribution in [-0.4, -0.2) is 11.7 Å². The number of rotatable bonds is 5. The molecule has 19 heavy (non-hydrogen) atoms. The summed E-state index contributed by atoms with van der Waals surface area (Å²) in [5.41, 5.74) is 7.03. The van der Waals surface area contributed by atoms with E-state index in [-0.39, 0.29) is 12.4 Å². The third-order valence-electron chi connectivity index (χ3n) is 2.81. The normalized spacial score (nSPS) is 12.2. The summed E-state index contributed by atoms with van der Waals surface area (Å²) < 4.78 is 18.3. The van der Waals surface area contributed by atoms with Crippen LogP contribution >= 0.6 is 0 Å². The second-order valence-corrected chi connectivity index (χ2v) is 4.24. The van der Waals surface area contributed by atoms with Gasteiger partial charge in [0.25, 0.3) is 0 Å². The van der Waals surface area contributed by atoms with E-state index < -0.39 is 6.10 Å². The van der Waals surface area contributed by atoms with Crippen molar-refractivity contribution in [2.75, 3.05) is 6.54 Å². The van der Waals surface area contributed by atoms with E-state index in [1.165, 1.54) is 12.1 Å². The van der Waals surface area contributed by atoms with Crippen molar-refractivity contribution >= 4 is 0 Å². The van der Waals surface area contributed by atoms with E-state index in [2.05, 4.69) is 0 Å². The van der Waals surface area contributed by atoms with Crippen molar-refractivity contribution < 1.29 is 14.2 Å². The highest BCUT2D eigenvalue weighted by atomic mass is 19.1. The van der Waals surface area contributed by atoms with Crippen LogP contribution in [0.5, 0.6) is 5.75 Å². The summed E-state index contributed by atoms with van der Waals surface area (Å²) in [7, 11) is 0. The van der Waals surface area contributed by atoms with Crippen LogP contribution in [0.25, 0.3) is 0 Å². The minimum absolute atomic E-state index is 0.190. The van der Waals surface area contributed by atoms with Crippen molar-refractivity contribution in [1.29, 1.82) is 0 Å². The third-order valence-corrected chi connectivity index (χ3v) is 2.81. The minimum atomic E-state index is -0.647. The Bertz CT molecular complexity index is 511. The standard InChI is InChI=1S/C15H16FNO2/c16-13-5-1-11(2-6-13)10-19-14-7-3-12(4-8-14)15(18)9-17/h1-8,15,18H,9-10,17H2. The molecule has 0 saturated heterocycles. The Balaban J connectivity index is 1.94. The van der Waals surface area contributed by atoms with Gasteiger partial charge in [0, 0.05) is 6.54 Å². The van der Waals surface area contributed by atoms with Gasteiger partial charge >= 0.3 is 0 Å². The van der Waals surface area contributed by atoms with E-state index in [4.69, 9.17) is 10.5 Å². The lowest BCUT2D eigenvalue weighted by Crippen LogP contribution is -2.11. The van der Waals surface area contributed by atoms with Gasteiger partial charge in [-0.15, -0.1) is 0 Å². The van der Waals surface area contributed by atoms with Crippen molar-refractivity contribution in [3.05, 3.63) is 65.5 Å². The van der Waals surface area contributed by atoms with Crippen LogP contribution in [0.4, 0.5) is 4.39 Å². The van der Waals surface area contributed by atoms with Crippen molar-refractivity contribution in [1.82, 2.24) is 0 Å². The molecule has 0 heterocycles. The molecule has 0 saturated carbocycles. The summed E-state index contributed by atoms with van der Waals surface area (Å²) in [5.74, 6) is 0.432. The lowest BCUT2D eigenvalue weighted by molar-refractivity contribution is 0.186. The van der Waals surface area contributed by atoms with Crippen LogP contribution in [0, 0.1) is 5.82 Å². The van der Waals surface area contributed by atoms with Gasteiger partial charge in [0.15, 0.2) is 0 Å². The number of nitrogens with two attached hydrogens (primary N) is 1. The zero-order valence-corrected chi connectivity index (χ0v) is 10.4. The molecule has 3 nitrogen and oxygen atoms in total. The number of benzene rings is 2. The predicted molar refractivity (Wildman–Crippen MR) is 71.2 cm³/mol. The maximum absolute atomic E-state index is 12.7. The summed E-state index contributed by atoms with van der Waals surface area (Å²) in [6, 6.07) is 13.3. The Morgan fingerprint density at radius 2 is 1.68 bits per heavy atom. The van der Waals surface area contributed by atoms with E-state index in [9.17, 15) is 9.50 Å². The number of ether oxygens (including phenoxy) is 1. The van der Waals surface area contributed by atoms with Gasteiger partial charge in [-0.3, -0.25) is 0 Å². The van der Waals surface area contributed by atoms with E-state index in [0.29, 0.717) is 12.4 Å². The topological polar surface area (TPSA) is 55.5 Å². The molecule has 1 atom stereocenters. The van der Waals surface area contributed by atoms with E-state index in [1.54, 1.807) is 36.4 Å². The molecule has 0 fully saturated rings. The van der Waals surface area contributed by atoms with Gasteiger partial charge in [0.05, 0.1) is 6.10 Å². The molecule has 0 radical (unpaired) electrons. The second-order valence-electron chi connectivity index (χ2n) is 4.24. The molecule has 0 aliphatic carbocycles. The molecule has 2 rings (SSSR count). The highest BCUT2D eigenvalue weighted by Crippen LogP contribution is 2.18. The third kappa shape index (κ3) is 3.77. The highest BCUT2D eigenvalue weighted by molar-refractivity contribution is 5.29. The first kappa shape index (κ1) is 13.5. The Morgan fingerprint density at radius 1 is 1.05 bits per heavy atom. The van der Waals surface area contributed by atoms with Gasteiger partial charge in [-0.2, -0.15) is 0 Å². The monoisotopic (exact) mass is 261 g/mol. The molecule has 100 valence electrons. The largest absolute Gasteiger partial charge is 0.489 e. The molecule has 0 aliphatic rings. The molecule has 0 aliphatic heterocycles. The maximum atomic E-state index is 12.7. The molecule has 3 N–H and O–H groups in total. The summed E-state index contributed by atoms with van der Waals surface area (Å²) >= 11 is 0. The van der Waals surface area contributed by atoms with Crippen molar-refractivity contribution in [3.8, 4) is 5.75 Å². The molecule has 2 aromatic rings. The molecule has 0 aromatic heterocycles. The lowest BCUT2D eigenvalue weighted by Gasteiger charge is -2.10. The number of aliphatic hydroxyl groups excluding tert-OH is 1. The van der Waals surface area contributed by atoms with Crippen LogP contribution < -0.4 is 10.5 Å². The quantitative estimate of drug-likeness (QED) is 0.869. The predicted octanol–water partition coefficient (Wildman–Crippen LogP) is 2.40. The minimum Gasteiger partial charge on any atom is -0.489 e. The van der Waals surface area contributed by atoms with Gasteiger partial charge in [-0.1, -0.05) is 24.3 Å². The number of hydrogen-bond donors (Lipinski definition) is 2. The number of aliphatic hydroxyl groups is 1. The lowest BCUT2D eigenvalue weighted by atomic mass is 10.1. The van der Waals surface area contributed by atoms with E-state index >= 15 is 0 Å². The van der Waals surface area contributed by atoms with Gasteiger partial charge in [-0.25, -0.2) is 4.39 Å².